The summed E-state index contributed by atoms with van der Waals surface area (Å²) in [6, 6.07) is 12.9. The summed E-state index contributed by atoms with van der Waals surface area (Å²) < 4.78 is 5.63. The van der Waals surface area contributed by atoms with E-state index in [0.717, 1.165) is 23.4 Å². The van der Waals surface area contributed by atoms with Gasteiger partial charge < -0.3 is 15.2 Å². The van der Waals surface area contributed by atoms with Gasteiger partial charge in [-0.3, -0.25) is 0 Å². The molecule has 21 heavy (non-hydrogen) atoms. The summed E-state index contributed by atoms with van der Waals surface area (Å²) in [7, 11) is 0. The van der Waals surface area contributed by atoms with Gasteiger partial charge in [-0.15, -0.1) is 0 Å². The Hall–Kier alpha value is -1.87. The standard InChI is InChI=1S/C17H20ClNO2/c1-3-15(12-5-8-14(20)9-6-12)19-16-11-13(18)7-10-17(16)21-4-2/h5-11,15,19-20H,3-4H2,1-2H3. The zero-order chi connectivity index (χ0) is 15.2. The number of hydrogen-bond donors (Lipinski definition) is 2. The summed E-state index contributed by atoms with van der Waals surface area (Å²) in [5.74, 6) is 1.06. The van der Waals surface area contributed by atoms with Crippen molar-refractivity contribution in [3.63, 3.8) is 0 Å². The molecule has 0 heterocycles. The summed E-state index contributed by atoms with van der Waals surface area (Å²) in [6.45, 7) is 4.66. The molecule has 2 N–H and O–H groups in total. The third-order valence-electron chi connectivity index (χ3n) is 3.27. The van der Waals surface area contributed by atoms with E-state index in [1.54, 1.807) is 12.1 Å². The van der Waals surface area contributed by atoms with Gasteiger partial charge in [0.2, 0.25) is 0 Å². The Morgan fingerprint density at radius 3 is 2.48 bits per heavy atom. The first-order chi connectivity index (χ1) is 10.1. The van der Waals surface area contributed by atoms with Crippen molar-refractivity contribution >= 4 is 17.3 Å². The number of nitrogens with one attached hydrogen (secondary N) is 1. The van der Waals surface area contributed by atoms with E-state index in [1.807, 2.05) is 37.3 Å². The number of aromatic hydroxyl groups is 1. The fourth-order valence-electron chi connectivity index (χ4n) is 2.21. The second-order valence-electron chi connectivity index (χ2n) is 4.77. The molecule has 2 rings (SSSR count). The molecule has 0 aromatic heterocycles. The fraction of sp³-hybridized carbons (Fsp3) is 0.294. The first-order valence-corrected chi connectivity index (χ1v) is 7.49. The van der Waals surface area contributed by atoms with Gasteiger partial charge in [0.1, 0.15) is 11.5 Å². The largest absolute Gasteiger partial charge is 0.508 e. The van der Waals surface area contributed by atoms with Gasteiger partial charge >= 0.3 is 0 Å². The molecule has 0 saturated carbocycles. The van der Waals surface area contributed by atoms with Crippen molar-refractivity contribution in [2.45, 2.75) is 26.3 Å². The summed E-state index contributed by atoms with van der Waals surface area (Å²) in [4.78, 5) is 0. The normalized spacial score (nSPS) is 12.0. The molecule has 0 spiro atoms. The minimum absolute atomic E-state index is 0.128. The van der Waals surface area contributed by atoms with Gasteiger partial charge in [-0.05, 0) is 49.2 Å². The Kier molecular flexibility index (Phi) is 5.34. The van der Waals surface area contributed by atoms with Gasteiger partial charge in [-0.1, -0.05) is 30.7 Å². The Morgan fingerprint density at radius 1 is 1.14 bits per heavy atom. The number of halogens is 1. The molecule has 0 saturated heterocycles. The average Bonchev–Trinajstić information content (AvgIpc) is 2.48. The molecule has 0 fully saturated rings. The van der Waals surface area contributed by atoms with Crippen LogP contribution in [0.5, 0.6) is 11.5 Å². The van der Waals surface area contributed by atoms with Crippen molar-refractivity contribution in [2.75, 3.05) is 11.9 Å². The maximum atomic E-state index is 9.39. The van der Waals surface area contributed by atoms with Crippen LogP contribution >= 0.6 is 11.6 Å². The monoisotopic (exact) mass is 305 g/mol. The van der Waals surface area contributed by atoms with Crippen LogP contribution in [0.25, 0.3) is 0 Å². The lowest BCUT2D eigenvalue weighted by atomic mass is 10.0. The molecule has 1 atom stereocenters. The number of ether oxygens (including phenoxy) is 1. The van der Waals surface area contributed by atoms with E-state index in [4.69, 9.17) is 16.3 Å². The first kappa shape index (κ1) is 15.5. The predicted molar refractivity (Wildman–Crippen MR) is 87.4 cm³/mol. The number of anilines is 1. The minimum atomic E-state index is 0.128. The van der Waals surface area contributed by atoms with Crippen molar-refractivity contribution in [1.29, 1.82) is 0 Å². The lowest BCUT2D eigenvalue weighted by molar-refractivity contribution is 0.341. The van der Waals surface area contributed by atoms with Gasteiger partial charge in [0, 0.05) is 5.02 Å². The number of rotatable bonds is 6. The van der Waals surface area contributed by atoms with E-state index in [9.17, 15) is 5.11 Å². The molecule has 112 valence electrons. The summed E-state index contributed by atoms with van der Waals surface area (Å²) in [5.41, 5.74) is 1.99. The maximum absolute atomic E-state index is 9.39. The van der Waals surface area contributed by atoms with Crippen molar-refractivity contribution in [2.24, 2.45) is 0 Å². The van der Waals surface area contributed by atoms with Crippen molar-refractivity contribution in [3.8, 4) is 11.5 Å². The van der Waals surface area contributed by atoms with Crippen molar-refractivity contribution in [1.82, 2.24) is 0 Å². The highest BCUT2D eigenvalue weighted by atomic mass is 35.5. The van der Waals surface area contributed by atoms with Crippen molar-refractivity contribution < 1.29 is 9.84 Å². The SMILES string of the molecule is CCOc1ccc(Cl)cc1NC(CC)c1ccc(O)cc1. The molecule has 1 unspecified atom stereocenters. The molecule has 2 aromatic carbocycles. The smallest absolute Gasteiger partial charge is 0.142 e. The highest BCUT2D eigenvalue weighted by Gasteiger charge is 2.12. The van der Waals surface area contributed by atoms with Gasteiger partial charge in [0.15, 0.2) is 0 Å². The molecule has 0 radical (unpaired) electrons. The number of benzene rings is 2. The van der Waals surface area contributed by atoms with Gasteiger partial charge in [0.25, 0.3) is 0 Å². The highest BCUT2D eigenvalue weighted by molar-refractivity contribution is 6.30. The highest BCUT2D eigenvalue weighted by Crippen LogP contribution is 2.32. The third-order valence-corrected chi connectivity index (χ3v) is 3.51. The third kappa shape index (κ3) is 4.05. The minimum Gasteiger partial charge on any atom is -0.508 e. The van der Waals surface area contributed by atoms with Crippen LogP contribution < -0.4 is 10.1 Å². The second kappa shape index (κ2) is 7.23. The van der Waals surface area contributed by atoms with E-state index >= 15 is 0 Å². The maximum Gasteiger partial charge on any atom is 0.142 e. The van der Waals surface area contributed by atoms with E-state index in [-0.39, 0.29) is 11.8 Å². The number of phenolic OH excluding ortho intramolecular Hbond substituents is 1. The molecular weight excluding hydrogens is 286 g/mol. The van der Waals surface area contributed by atoms with Crippen LogP contribution in [0.3, 0.4) is 0 Å². The van der Waals surface area contributed by atoms with Crippen LogP contribution in [-0.4, -0.2) is 11.7 Å². The van der Waals surface area contributed by atoms with Crippen LogP contribution in [0.2, 0.25) is 5.02 Å². The second-order valence-corrected chi connectivity index (χ2v) is 5.21. The van der Waals surface area contributed by atoms with Gasteiger partial charge in [-0.25, -0.2) is 0 Å². The average molecular weight is 306 g/mol. The molecule has 3 nitrogen and oxygen atoms in total. The molecule has 0 aliphatic carbocycles. The quantitative estimate of drug-likeness (QED) is 0.788. The number of phenols is 1. The van der Waals surface area contributed by atoms with E-state index < -0.39 is 0 Å². The molecule has 2 aromatic rings. The number of hydrogen-bond acceptors (Lipinski definition) is 3. The lowest BCUT2D eigenvalue weighted by Crippen LogP contribution is -2.10. The Labute approximate surface area is 130 Å². The van der Waals surface area contributed by atoms with E-state index in [0.29, 0.717) is 11.6 Å². The molecule has 0 aliphatic rings. The summed E-state index contributed by atoms with van der Waals surface area (Å²) in [6.07, 6.45) is 0.906. The molecular formula is C17H20ClNO2. The van der Waals surface area contributed by atoms with Crippen molar-refractivity contribution in [3.05, 3.63) is 53.1 Å². The van der Waals surface area contributed by atoms with Crippen LogP contribution in [0, 0.1) is 0 Å². The molecule has 0 aliphatic heterocycles. The Morgan fingerprint density at radius 2 is 1.86 bits per heavy atom. The van der Waals surface area contributed by atoms with Crippen LogP contribution in [0.15, 0.2) is 42.5 Å². The Balaban J connectivity index is 2.25. The zero-order valence-electron chi connectivity index (χ0n) is 12.3. The van der Waals surface area contributed by atoms with Crippen LogP contribution in [0.1, 0.15) is 31.9 Å². The van der Waals surface area contributed by atoms with E-state index in [2.05, 4.69) is 12.2 Å². The first-order valence-electron chi connectivity index (χ1n) is 7.11. The summed E-state index contributed by atoms with van der Waals surface area (Å²) in [5, 5.41) is 13.5. The Bertz CT molecular complexity index is 584. The fourth-order valence-corrected chi connectivity index (χ4v) is 2.38. The topological polar surface area (TPSA) is 41.5 Å². The zero-order valence-corrected chi connectivity index (χ0v) is 13.0. The molecule has 0 amide bonds. The van der Waals surface area contributed by atoms with E-state index in [1.165, 1.54) is 0 Å². The van der Waals surface area contributed by atoms with Gasteiger partial charge in [0.05, 0.1) is 18.3 Å². The predicted octanol–water partition coefficient (Wildman–Crippen LogP) is 5.01. The molecule has 0 bridgehead atoms. The summed E-state index contributed by atoms with van der Waals surface area (Å²) >= 11 is 6.08. The van der Waals surface area contributed by atoms with Gasteiger partial charge in [-0.2, -0.15) is 0 Å². The molecule has 4 heteroatoms. The van der Waals surface area contributed by atoms with Crippen LogP contribution in [-0.2, 0) is 0 Å². The lowest BCUT2D eigenvalue weighted by Gasteiger charge is -2.21. The van der Waals surface area contributed by atoms with Crippen LogP contribution in [0.4, 0.5) is 5.69 Å².